The third-order valence-corrected chi connectivity index (χ3v) is 6.31. The highest BCUT2D eigenvalue weighted by Gasteiger charge is 2.46. The lowest BCUT2D eigenvalue weighted by Crippen LogP contribution is -2.50. The Bertz CT molecular complexity index is 869. The van der Waals surface area contributed by atoms with E-state index in [4.69, 9.17) is 0 Å². The summed E-state index contributed by atoms with van der Waals surface area (Å²) < 4.78 is 27.5. The summed E-state index contributed by atoms with van der Waals surface area (Å²) in [7, 11) is -3.87. The molecule has 0 saturated heterocycles. The topological polar surface area (TPSA) is 63.2 Å². The van der Waals surface area contributed by atoms with Crippen LogP contribution in [0.3, 0.4) is 0 Å². The number of nitrogens with one attached hydrogen (secondary N) is 1. The summed E-state index contributed by atoms with van der Waals surface area (Å²) in [6, 6.07) is 14.3. The van der Waals surface area contributed by atoms with E-state index >= 15 is 0 Å². The molecule has 126 valence electrons. The molecule has 1 amide bonds. The Labute approximate surface area is 143 Å². The summed E-state index contributed by atoms with van der Waals surface area (Å²) in [6.07, 6.45) is 2.27. The van der Waals surface area contributed by atoms with E-state index in [-0.39, 0.29) is 4.90 Å². The van der Waals surface area contributed by atoms with Crippen molar-refractivity contribution < 1.29 is 13.2 Å². The van der Waals surface area contributed by atoms with E-state index in [0.29, 0.717) is 12.8 Å². The zero-order chi connectivity index (χ0) is 17.4. The van der Waals surface area contributed by atoms with Crippen LogP contribution < -0.4 is 4.72 Å². The second kappa shape index (κ2) is 6.06. The van der Waals surface area contributed by atoms with Gasteiger partial charge in [0.2, 0.25) is 5.91 Å². The minimum absolute atomic E-state index is 0.126. The molecular formula is C19H21NO3S. The predicted molar refractivity (Wildman–Crippen MR) is 93.2 cm³/mol. The molecule has 0 aromatic heterocycles. The normalized spacial score (nSPS) is 16.2. The first-order valence-electron chi connectivity index (χ1n) is 8.05. The average molecular weight is 343 g/mol. The van der Waals surface area contributed by atoms with Crippen LogP contribution in [0.4, 0.5) is 0 Å². The van der Waals surface area contributed by atoms with Gasteiger partial charge in [-0.3, -0.25) is 4.79 Å². The van der Waals surface area contributed by atoms with Crippen molar-refractivity contribution in [2.45, 2.75) is 43.4 Å². The minimum Gasteiger partial charge on any atom is -0.273 e. The maximum Gasteiger partial charge on any atom is 0.264 e. The second-order valence-corrected chi connectivity index (χ2v) is 8.16. The molecule has 1 aliphatic carbocycles. The molecule has 0 atom stereocenters. The number of carbonyl (C=O) groups is 1. The van der Waals surface area contributed by atoms with Crippen LogP contribution in [-0.4, -0.2) is 14.3 Å². The molecule has 0 heterocycles. The first-order valence-corrected chi connectivity index (χ1v) is 9.53. The molecule has 0 spiro atoms. The van der Waals surface area contributed by atoms with E-state index < -0.39 is 21.3 Å². The smallest absolute Gasteiger partial charge is 0.264 e. The molecule has 4 nitrogen and oxygen atoms in total. The minimum atomic E-state index is -3.87. The maximum absolute atomic E-state index is 12.8. The molecule has 0 aliphatic heterocycles. The van der Waals surface area contributed by atoms with Crippen LogP contribution >= 0.6 is 0 Å². The van der Waals surface area contributed by atoms with Gasteiger partial charge in [0.25, 0.3) is 10.0 Å². The summed E-state index contributed by atoms with van der Waals surface area (Å²) in [5, 5.41) is 0. The standard InChI is InChI=1S/C19H21NO3S/c1-14-9-10-17(13-15(14)2)24(22,23)20-18(21)19(11-6-12-19)16-7-4-3-5-8-16/h3-5,7-10,13H,6,11-12H2,1-2H3,(H,20,21). The Kier molecular flexibility index (Phi) is 4.22. The Hall–Kier alpha value is -2.14. The van der Waals surface area contributed by atoms with Gasteiger partial charge in [0, 0.05) is 0 Å². The SMILES string of the molecule is Cc1ccc(S(=O)(=O)NC(=O)C2(c3ccccc3)CCC2)cc1C. The van der Waals surface area contributed by atoms with Gasteiger partial charge in [-0.25, -0.2) is 13.1 Å². The number of aryl methyl sites for hydroxylation is 2. The van der Waals surface area contributed by atoms with E-state index in [9.17, 15) is 13.2 Å². The highest BCUT2D eigenvalue weighted by molar-refractivity contribution is 7.90. The Balaban J connectivity index is 1.89. The van der Waals surface area contributed by atoms with Crippen LogP contribution in [0.15, 0.2) is 53.4 Å². The first-order chi connectivity index (χ1) is 11.3. The van der Waals surface area contributed by atoms with Gasteiger partial charge >= 0.3 is 0 Å². The summed E-state index contributed by atoms with van der Waals surface area (Å²) in [5.74, 6) is -0.432. The number of rotatable bonds is 4. The van der Waals surface area contributed by atoms with Crippen molar-refractivity contribution in [2.75, 3.05) is 0 Å². The number of benzene rings is 2. The van der Waals surface area contributed by atoms with Gasteiger partial charge in [-0.2, -0.15) is 0 Å². The molecule has 2 aromatic carbocycles. The Morgan fingerprint density at radius 3 is 2.21 bits per heavy atom. The molecular weight excluding hydrogens is 322 g/mol. The van der Waals surface area contributed by atoms with Gasteiger partial charge in [0.1, 0.15) is 0 Å². The molecule has 1 aliphatic rings. The first kappa shape index (κ1) is 16.7. The van der Waals surface area contributed by atoms with Crippen molar-refractivity contribution >= 4 is 15.9 Å². The number of hydrogen-bond donors (Lipinski definition) is 1. The zero-order valence-electron chi connectivity index (χ0n) is 13.9. The largest absolute Gasteiger partial charge is 0.273 e. The quantitative estimate of drug-likeness (QED) is 0.927. The highest BCUT2D eigenvalue weighted by Crippen LogP contribution is 2.44. The Morgan fingerprint density at radius 2 is 1.67 bits per heavy atom. The fourth-order valence-electron chi connectivity index (χ4n) is 3.09. The van der Waals surface area contributed by atoms with Crippen molar-refractivity contribution in [3.8, 4) is 0 Å². The number of carbonyl (C=O) groups excluding carboxylic acids is 1. The van der Waals surface area contributed by atoms with Gasteiger partial charge in [-0.05, 0) is 55.5 Å². The van der Waals surface area contributed by atoms with Crippen LogP contribution in [0.1, 0.15) is 36.0 Å². The van der Waals surface area contributed by atoms with Crippen molar-refractivity contribution in [3.63, 3.8) is 0 Å². The van der Waals surface area contributed by atoms with Crippen LogP contribution in [0.25, 0.3) is 0 Å². The highest BCUT2D eigenvalue weighted by atomic mass is 32.2. The van der Waals surface area contributed by atoms with Crippen LogP contribution in [0.2, 0.25) is 0 Å². The van der Waals surface area contributed by atoms with Gasteiger partial charge in [-0.1, -0.05) is 42.8 Å². The predicted octanol–water partition coefficient (Wildman–Crippen LogP) is 3.23. The summed E-state index contributed by atoms with van der Waals surface area (Å²) in [6.45, 7) is 3.77. The lowest BCUT2D eigenvalue weighted by Gasteiger charge is -2.40. The van der Waals surface area contributed by atoms with Gasteiger partial charge in [0.15, 0.2) is 0 Å². The number of sulfonamides is 1. The summed E-state index contributed by atoms with van der Waals surface area (Å²) in [4.78, 5) is 12.9. The van der Waals surface area contributed by atoms with Crippen molar-refractivity contribution in [1.82, 2.24) is 4.72 Å². The third-order valence-electron chi connectivity index (χ3n) is 4.98. The molecule has 1 saturated carbocycles. The molecule has 1 fully saturated rings. The van der Waals surface area contributed by atoms with E-state index in [1.54, 1.807) is 12.1 Å². The van der Waals surface area contributed by atoms with E-state index in [1.807, 2.05) is 44.2 Å². The van der Waals surface area contributed by atoms with E-state index in [2.05, 4.69) is 4.72 Å². The molecule has 0 unspecified atom stereocenters. The van der Waals surface area contributed by atoms with Crippen LogP contribution in [0, 0.1) is 13.8 Å². The lowest BCUT2D eigenvalue weighted by atomic mass is 9.64. The number of amides is 1. The molecule has 2 aromatic rings. The van der Waals surface area contributed by atoms with Gasteiger partial charge < -0.3 is 0 Å². The second-order valence-electron chi connectivity index (χ2n) is 6.48. The summed E-state index contributed by atoms with van der Waals surface area (Å²) in [5.41, 5.74) is 2.05. The van der Waals surface area contributed by atoms with Crippen molar-refractivity contribution in [3.05, 3.63) is 65.2 Å². The van der Waals surface area contributed by atoms with Gasteiger partial charge in [-0.15, -0.1) is 0 Å². The molecule has 24 heavy (non-hydrogen) atoms. The maximum atomic E-state index is 12.8. The van der Waals surface area contributed by atoms with Crippen molar-refractivity contribution in [1.29, 1.82) is 0 Å². The molecule has 1 N–H and O–H groups in total. The van der Waals surface area contributed by atoms with Crippen molar-refractivity contribution in [2.24, 2.45) is 0 Å². The van der Waals surface area contributed by atoms with Crippen LogP contribution in [-0.2, 0) is 20.2 Å². The zero-order valence-corrected chi connectivity index (χ0v) is 14.7. The number of hydrogen-bond acceptors (Lipinski definition) is 3. The monoisotopic (exact) mass is 343 g/mol. The summed E-state index contributed by atoms with van der Waals surface area (Å²) >= 11 is 0. The van der Waals surface area contributed by atoms with Crippen LogP contribution in [0.5, 0.6) is 0 Å². The average Bonchev–Trinajstić information content (AvgIpc) is 2.49. The van der Waals surface area contributed by atoms with E-state index in [0.717, 1.165) is 23.1 Å². The van der Waals surface area contributed by atoms with Gasteiger partial charge in [0.05, 0.1) is 10.3 Å². The molecule has 0 bridgehead atoms. The molecule has 0 radical (unpaired) electrons. The Morgan fingerprint density at radius 1 is 1.00 bits per heavy atom. The fraction of sp³-hybridized carbons (Fsp3) is 0.316. The van der Waals surface area contributed by atoms with E-state index in [1.165, 1.54) is 6.07 Å². The molecule has 3 rings (SSSR count). The fourth-order valence-corrected chi connectivity index (χ4v) is 4.23. The lowest BCUT2D eigenvalue weighted by molar-refractivity contribution is -0.128. The molecule has 5 heteroatoms. The third kappa shape index (κ3) is 2.84.